The largest absolute Gasteiger partial charge is 0.479 e. The summed E-state index contributed by atoms with van der Waals surface area (Å²) >= 11 is 7.03. The summed E-state index contributed by atoms with van der Waals surface area (Å²) in [6.07, 6.45) is 1.59. The van der Waals surface area contributed by atoms with Crippen molar-refractivity contribution in [2.45, 2.75) is 26.5 Å². The van der Waals surface area contributed by atoms with E-state index in [1.165, 1.54) is 34.1 Å². The van der Waals surface area contributed by atoms with Crippen LogP contribution in [-0.2, 0) is 16.1 Å². The van der Waals surface area contributed by atoms with E-state index >= 15 is 0 Å². The van der Waals surface area contributed by atoms with Crippen LogP contribution in [0.1, 0.15) is 37.0 Å². The molecule has 12 heteroatoms. The second-order valence-electron chi connectivity index (χ2n) is 8.67. The normalized spacial score (nSPS) is 15.0. The highest BCUT2D eigenvalue weighted by molar-refractivity contribution is 7.07. The van der Waals surface area contributed by atoms with Gasteiger partial charge in [0.15, 0.2) is 10.6 Å². The van der Waals surface area contributed by atoms with E-state index in [1.54, 1.807) is 32.1 Å². The van der Waals surface area contributed by atoms with Crippen LogP contribution in [0.15, 0.2) is 86.1 Å². The Morgan fingerprint density at radius 3 is 2.73 bits per heavy atom. The molecular formula is C28H22ClN3O7S. The molecule has 0 bridgehead atoms. The second kappa shape index (κ2) is 11.3. The fraction of sp³-hybridized carbons (Fsp3) is 0.179. The molecule has 0 aliphatic carbocycles. The van der Waals surface area contributed by atoms with Crippen molar-refractivity contribution in [3.63, 3.8) is 0 Å². The van der Waals surface area contributed by atoms with Crippen molar-refractivity contribution in [1.82, 2.24) is 4.57 Å². The number of halogens is 1. The number of carbonyl (C=O) groups excluding carboxylic acids is 1. The van der Waals surface area contributed by atoms with Crippen LogP contribution in [0.2, 0.25) is 5.02 Å². The fourth-order valence-electron chi connectivity index (χ4n) is 4.33. The molecule has 5 rings (SSSR count). The Labute approximate surface area is 236 Å². The minimum atomic E-state index is -0.700. The number of rotatable bonds is 8. The molecule has 4 aromatic rings. The van der Waals surface area contributed by atoms with Crippen LogP contribution in [0.5, 0.6) is 5.75 Å². The lowest BCUT2D eigenvalue weighted by Gasteiger charge is -2.24. The van der Waals surface area contributed by atoms with Crippen LogP contribution in [0.3, 0.4) is 0 Å². The van der Waals surface area contributed by atoms with E-state index < -0.39 is 16.9 Å². The zero-order valence-electron chi connectivity index (χ0n) is 21.3. The highest BCUT2D eigenvalue weighted by atomic mass is 35.5. The number of benzene rings is 2. The first-order chi connectivity index (χ1) is 19.3. The number of hydrogen-bond donors (Lipinski definition) is 0. The average Bonchev–Trinajstić information content (AvgIpc) is 3.51. The number of ether oxygens (including phenoxy) is 2. The summed E-state index contributed by atoms with van der Waals surface area (Å²) < 4.78 is 18.5. The van der Waals surface area contributed by atoms with Crippen LogP contribution >= 0.6 is 22.9 Å². The smallest absolute Gasteiger partial charge is 0.338 e. The molecule has 1 aliphatic heterocycles. The molecule has 10 nitrogen and oxygen atoms in total. The molecule has 0 N–H and O–H groups in total. The van der Waals surface area contributed by atoms with Gasteiger partial charge in [-0.3, -0.25) is 19.5 Å². The maximum atomic E-state index is 13.6. The monoisotopic (exact) mass is 579 g/mol. The number of esters is 1. The number of furan rings is 1. The number of nitrogens with zero attached hydrogens (tertiary/aromatic N) is 3. The quantitative estimate of drug-likeness (QED) is 0.170. The van der Waals surface area contributed by atoms with Gasteiger partial charge in [-0.15, -0.1) is 0 Å². The van der Waals surface area contributed by atoms with E-state index in [0.29, 0.717) is 32.1 Å². The van der Waals surface area contributed by atoms with Gasteiger partial charge < -0.3 is 13.9 Å². The van der Waals surface area contributed by atoms with Gasteiger partial charge in [0.05, 0.1) is 33.4 Å². The van der Waals surface area contributed by atoms with Gasteiger partial charge in [0.25, 0.3) is 5.56 Å². The molecule has 0 amide bonds. The average molecular weight is 580 g/mol. The molecule has 0 radical (unpaired) electrons. The topological polar surface area (TPSA) is 126 Å². The second-order valence-corrected chi connectivity index (χ2v) is 10.1. The minimum Gasteiger partial charge on any atom is -0.479 e. The predicted molar refractivity (Wildman–Crippen MR) is 148 cm³/mol. The number of nitro groups is 1. The first kappa shape index (κ1) is 27.1. The van der Waals surface area contributed by atoms with E-state index in [1.807, 2.05) is 30.3 Å². The van der Waals surface area contributed by atoms with Gasteiger partial charge in [0, 0.05) is 17.2 Å². The molecule has 40 heavy (non-hydrogen) atoms. The Bertz CT molecular complexity index is 1820. The standard InChI is InChI=1S/C28H22ClN3O7S/c1-3-37-27(34)24-16(2)30-28-31(25(24)17-7-5-4-6-8-17)26(33)23(40-28)14-19-10-11-20(39-19)15-38-22-12-9-18(29)13-21(22)32(35)36/h4-14,25H,3,15H2,1-2H3. The highest BCUT2D eigenvalue weighted by Gasteiger charge is 2.33. The first-order valence-corrected chi connectivity index (χ1v) is 13.4. The molecule has 1 atom stereocenters. The number of thiazole rings is 1. The summed E-state index contributed by atoms with van der Waals surface area (Å²) in [5, 5.41) is 11.5. The predicted octanol–water partition coefficient (Wildman–Crippen LogP) is 4.53. The van der Waals surface area contributed by atoms with Crippen LogP contribution in [0.25, 0.3) is 6.08 Å². The molecule has 0 fully saturated rings. The molecule has 0 saturated carbocycles. The fourth-order valence-corrected chi connectivity index (χ4v) is 5.52. The van der Waals surface area contributed by atoms with Crippen molar-refractivity contribution in [3.8, 4) is 5.75 Å². The molecule has 0 saturated heterocycles. The van der Waals surface area contributed by atoms with Crippen LogP contribution < -0.4 is 19.6 Å². The molecular weight excluding hydrogens is 558 g/mol. The third-order valence-corrected chi connectivity index (χ3v) is 7.29. The Morgan fingerprint density at radius 1 is 1.23 bits per heavy atom. The summed E-state index contributed by atoms with van der Waals surface area (Å²) in [4.78, 5) is 42.3. The Balaban J connectivity index is 1.48. The molecule has 204 valence electrons. The summed E-state index contributed by atoms with van der Waals surface area (Å²) in [5.74, 6) is 0.302. The first-order valence-electron chi connectivity index (χ1n) is 12.2. The molecule has 1 aliphatic rings. The van der Waals surface area contributed by atoms with E-state index in [4.69, 9.17) is 25.5 Å². The van der Waals surface area contributed by atoms with Gasteiger partial charge in [0.1, 0.15) is 18.1 Å². The SMILES string of the molecule is CCOC(=O)C1=C(C)N=c2sc(=Cc3ccc(COc4ccc(Cl)cc4[N+](=O)[O-])o3)c(=O)n2C1c1ccccc1. The highest BCUT2D eigenvalue weighted by Crippen LogP contribution is 2.31. The van der Waals surface area contributed by atoms with Gasteiger partial charge in [-0.25, -0.2) is 9.79 Å². The van der Waals surface area contributed by atoms with Crippen molar-refractivity contribution >= 4 is 40.7 Å². The van der Waals surface area contributed by atoms with Crippen molar-refractivity contribution in [2.24, 2.45) is 4.99 Å². The summed E-state index contributed by atoms with van der Waals surface area (Å²) in [6, 6.07) is 16.0. The number of nitro benzene ring substituents is 1. The van der Waals surface area contributed by atoms with Gasteiger partial charge in [-0.05, 0) is 43.7 Å². The lowest BCUT2D eigenvalue weighted by molar-refractivity contribution is -0.385. The Morgan fingerprint density at radius 2 is 2.00 bits per heavy atom. The number of allylic oxidation sites excluding steroid dienone is 1. The zero-order valence-corrected chi connectivity index (χ0v) is 22.9. The van der Waals surface area contributed by atoms with Crippen molar-refractivity contribution in [2.75, 3.05) is 6.61 Å². The zero-order chi connectivity index (χ0) is 28.4. The lowest BCUT2D eigenvalue weighted by atomic mass is 9.96. The Kier molecular flexibility index (Phi) is 7.67. The van der Waals surface area contributed by atoms with Gasteiger partial charge in [-0.2, -0.15) is 0 Å². The van der Waals surface area contributed by atoms with Gasteiger partial charge in [-0.1, -0.05) is 53.3 Å². The maximum Gasteiger partial charge on any atom is 0.338 e. The summed E-state index contributed by atoms with van der Waals surface area (Å²) in [6.45, 7) is 3.56. The van der Waals surface area contributed by atoms with E-state index in [2.05, 4.69) is 4.99 Å². The third-order valence-electron chi connectivity index (χ3n) is 6.08. The minimum absolute atomic E-state index is 0.0503. The maximum absolute atomic E-state index is 13.6. The number of carbonyl (C=O) groups is 1. The number of fused-ring (bicyclic) bond motifs is 1. The molecule has 0 spiro atoms. The lowest BCUT2D eigenvalue weighted by Crippen LogP contribution is -2.39. The molecule has 2 aromatic heterocycles. The van der Waals surface area contributed by atoms with E-state index in [9.17, 15) is 19.7 Å². The van der Waals surface area contributed by atoms with Gasteiger partial charge >= 0.3 is 11.7 Å². The summed E-state index contributed by atoms with van der Waals surface area (Å²) in [7, 11) is 0. The van der Waals surface area contributed by atoms with E-state index in [-0.39, 0.29) is 35.2 Å². The van der Waals surface area contributed by atoms with Crippen LogP contribution in [-0.4, -0.2) is 22.1 Å². The Hall–Kier alpha value is -4.48. The van der Waals surface area contributed by atoms with E-state index in [0.717, 1.165) is 5.56 Å². The van der Waals surface area contributed by atoms with Crippen molar-refractivity contribution in [1.29, 1.82) is 0 Å². The molecule has 1 unspecified atom stereocenters. The molecule has 3 heterocycles. The third kappa shape index (κ3) is 5.33. The van der Waals surface area contributed by atoms with Crippen LogP contribution in [0, 0.1) is 10.1 Å². The van der Waals surface area contributed by atoms with Crippen molar-refractivity contribution in [3.05, 3.63) is 124 Å². The van der Waals surface area contributed by atoms with Crippen molar-refractivity contribution < 1.29 is 23.6 Å². The molecule has 2 aromatic carbocycles. The number of hydrogen-bond acceptors (Lipinski definition) is 9. The van der Waals surface area contributed by atoms with Crippen LogP contribution in [0.4, 0.5) is 5.69 Å². The summed E-state index contributed by atoms with van der Waals surface area (Å²) in [5.41, 5.74) is 0.944. The van der Waals surface area contributed by atoms with Gasteiger partial charge in [0.2, 0.25) is 0 Å². The number of aromatic nitrogens is 1.